The van der Waals surface area contributed by atoms with Crippen LogP contribution in [0.1, 0.15) is 59.3 Å². The summed E-state index contributed by atoms with van der Waals surface area (Å²) in [7, 11) is 0. The minimum atomic E-state index is -1.02. The van der Waals surface area contributed by atoms with Crippen LogP contribution in [-0.4, -0.2) is 43.0 Å². The summed E-state index contributed by atoms with van der Waals surface area (Å²) in [6.07, 6.45) is -0.198. The second kappa shape index (κ2) is 11.0. The Morgan fingerprint density at radius 2 is 1.38 bits per heavy atom. The number of hydroxylamine groups is 1. The lowest BCUT2D eigenvalue weighted by Crippen LogP contribution is -2.58. The summed E-state index contributed by atoms with van der Waals surface area (Å²) < 4.78 is 16.0. The van der Waals surface area contributed by atoms with Crippen LogP contribution in [0.3, 0.4) is 0 Å². The smallest absolute Gasteiger partial charge is 0.307 e. The first-order valence-electron chi connectivity index (χ1n) is 8.47. The lowest BCUT2D eigenvalue weighted by Gasteiger charge is -2.36. The van der Waals surface area contributed by atoms with Crippen molar-refractivity contribution in [3.63, 3.8) is 0 Å². The van der Waals surface area contributed by atoms with Gasteiger partial charge in [-0.25, -0.2) is 0 Å². The quantitative estimate of drug-likeness (QED) is 0.497. The van der Waals surface area contributed by atoms with Crippen LogP contribution in [0.15, 0.2) is 0 Å². The zero-order chi connectivity index (χ0) is 17.9. The highest BCUT2D eigenvalue weighted by molar-refractivity contribution is 5.71. The molecule has 0 saturated carbocycles. The van der Waals surface area contributed by atoms with Crippen LogP contribution in [0.5, 0.6) is 0 Å². The number of carbonyl (C=O) groups excluding carboxylic acids is 3. The SMILES string of the molecule is CCCC(=O)O[C@@H]1[C@@H](OC(=O)CCC)NOC[C@H]1OC(=O)CCC. The van der Waals surface area contributed by atoms with Crippen LogP contribution in [0.4, 0.5) is 0 Å². The van der Waals surface area contributed by atoms with E-state index in [1.54, 1.807) is 0 Å². The molecule has 1 heterocycles. The molecule has 1 N–H and O–H groups in total. The molecule has 24 heavy (non-hydrogen) atoms. The largest absolute Gasteiger partial charge is 0.456 e. The second-order valence-corrected chi connectivity index (χ2v) is 5.57. The van der Waals surface area contributed by atoms with Gasteiger partial charge in [0.25, 0.3) is 0 Å². The van der Waals surface area contributed by atoms with Crippen LogP contribution in [-0.2, 0) is 33.4 Å². The molecule has 0 radical (unpaired) electrons. The van der Waals surface area contributed by atoms with Crippen molar-refractivity contribution >= 4 is 17.9 Å². The Morgan fingerprint density at radius 1 is 0.875 bits per heavy atom. The number of carbonyl (C=O) groups is 3. The Labute approximate surface area is 142 Å². The average molecular weight is 345 g/mol. The van der Waals surface area contributed by atoms with Crippen molar-refractivity contribution in [1.82, 2.24) is 5.48 Å². The molecule has 1 saturated heterocycles. The van der Waals surface area contributed by atoms with Crippen molar-refractivity contribution in [3.05, 3.63) is 0 Å². The number of rotatable bonds is 9. The van der Waals surface area contributed by atoms with E-state index in [1.807, 2.05) is 20.8 Å². The molecule has 1 aliphatic heterocycles. The fourth-order valence-corrected chi connectivity index (χ4v) is 2.15. The van der Waals surface area contributed by atoms with Crippen LogP contribution >= 0.6 is 0 Å². The molecule has 8 nitrogen and oxygen atoms in total. The van der Waals surface area contributed by atoms with E-state index >= 15 is 0 Å². The lowest BCUT2D eigenvalue weighted by atomic mass is 10.1. The van der Waals surface area contributed by atoms with E-state index in [0.717, 1.165) is 0 Å². The Bertz CT molecular complexity index is 399. The third kappa shape index (κ3) is 6.84. The van der Waals surface area contributed by atoms with E-state index in [0.29, 0.717) is 19.3 Å². The molecule has 8 heteroatoms. The zero-order valence-corrected chi connectivity index (χ0v) is 14.5. The maximum absolute atomic E-state index is 11.9. The molecular weight excluding hydrogens is 318 g/mol. The minimum Gasteiger partial charge on any atom is -0.456 e. The molecule has 0 unspecified atom stereocenters. The third-order valence-electron chi connectivity index (χ3n) is 3.28. The first-order chi connectivity index (χ1) is 11.5. The van der Waals surface area contributed by atoms with Gasteiger partial charge in [-0.1, -0.05) is 20.8 Å². The minimum absolute atomic E-state index is 0.00134. The van der Waals surface area contributed by atoms with Gasteiger partial charge < -0.3 is 14.2 Å². The normalized spacial score (nSPS) is 23.4. The number of esters is 3. The highest BCUT2D eigenvalue weighted by Crippen LogP contribution is 2.18. The van der Waals surface area contributed by atoms with Crippen LogP contribution < -0.4 is 5.48 Å². The maximum atomic E-state index is 11.9. The molecule has 1 rings (SSSR count). The van der Waals surface area contributed by atoms with Crippen molar-refractivity contribution < 1.29 is 33.4 Å². The molecule has 138 valence electrons. The van der Waals surface area contributed by atoms with Crippen molar-refractivity contribution in [1.29, 1.82) is 0 Å². The van der Waals surface area contributed by atoms with E-state index in [-0.39, 0.29) is 25.9 Å². The second-order valence-electron chi connectivity index (χ2n) is 5.57. The van der Waals surface area contributed by atoms with E-state index in [9.17, 15) is 14.4 Å². The molecule has 0 bridgehead atoms. The fourth-order valence-electron chi connectivity index (χ4n) is 2.15. The molecule has 0 aromatic carbocycles. The summed E-state index contributed by atoms with van der Waals surface area (Å²) in [4.78, 5) is 40.5. The summed E-state index contributed by atoms with van der Waals surface area (Å²) in [5.74, 6) is -1.31. The van der Waals surface area contributed by atoms with Crippen LogP contribution in [0.25, 0.3) is 0 Å². The summed E-state index contributed by atoms with van der Waals surface area (Å²) >= 11 is 0. The molecule has 3 atom stereocenters. The Kier molecular flexibility index (Phi) is 9.33. The molecular formula is C16H27NO7. The lowest BCUT2D eigenvalue weighted by molar-refractivity contribution is -0.236. The highest BCUT2D eigenvalue weighted by Gasteiger charge is 2.42. The van der Waals surface area contributed by atoms with Crippen molar-refractivity contribution in [2.75, 3.05) is 6.61 Å². The van der Waals surface area contributed by atoms with Crippen molar-refractivity contribution in [3.8, 4) is 0 Å². The molecule has 0 amide bonds. The summed E-state index contributed by atoms with van der Waals surface area (Å²) in [6, 6.07) is 0. The van der Waals surface area contributed by atoms with E-state index in [2.05, 4.69) is 5.48 Å². The monoisotopic (exact) mass is 345 g/mol. The van der Waals surface area contributed by atoms with Gasteiger partial charge in [-0.3, -0.25) is 19.2 Å². The number of ether oxygens (including phenoxy) is 3. The summed E-state index contributed by atoms with van der Waals surface area (Å²) in [5.41, 5.74) is 2.53. The van der Waals surface area contributed by atoms with Gasteiger partial charge in [0.05, 0.1) is 0 Å². The predicted molar refractivity (Wildman–Crippen MR) is 83.5 cm³/mol. The van der Waals surface area contributed by atoms with Gasteiger partial charge in [-0.05, 0) is 19.3 Å². The van der Waals surface area contributed by atoms with E-state index in [4.69, 9.17) is 19.0 Å². The number of hydrogen-bond acceptors (Lipinski definition) is 8. The molecule has 0 aromatic heterocycles. The zero-order valence-electron chi connectivity index (χ0n) is 14.5. The standard InChI is InChI=1S/C16H27NO7/c1-4-7-12(18)22-11-10-21-17-16(24-14(20)9-6-3)15(11)23-13(19)8-5-2/h11,15-17H,4-10H2,1-3H3/t11-,15+,16-/m1/s1. The third-order valence-corrected chi connectivity index (χ3v) is 3.28. The topological polar surface area (TPSA) is 100 Å². The summed E-state index contributed by atoms with van der Waals surface area (Å²) in [6.45, 7) is 5.55. The molecule has 0 aromatic rings. The van der Waals surface area contributed by atoms with Gasteiger partial charge in [0.1, 0.15) is 6.61 Å². The molecule has 1 aliphatic rings. The molecule has 1 fully saturated rings. The van der Waals surface area contributed by atoms with E-state index < -0.39 is 36.3 Å². The molecule has 0 spiro atoms. The fraction of sp³-hybridized carbons (Fsp3) is 0.812. The predicted octanol–water partition coefficient (Wildman–Crippen LogP) is 1.61. The average Bonchev–Trinajstić information content (AvgIpc) is 2.51. The van der Waals surface area contributed by atoms with Crippen LogP contribution in [0.2, 0.25) is 0 Å². The van der Waals surface area contributed by atoms with Gasteiger partial charge in [0.2, 0.25) is 6.23 Å². The Hall–Kier alpha value is -1.67. The van der Waals surface area contributed by atoms with E-state index in [1.165, 1.54) is 0 Å². The van der Waals surface area contributed by atoms with Gasteiger partial charge in [-0.2, -0.15) is 5.48 Å². The van der Waals surface area contributed by atoms with Crippen molar-refractivity contribution in [2.24, 2.45) is 0 Å². The first kappa shape index (κ1) is 20.4. The van der Waals surface area contributed by atoms with Crippen LogP contribution in [0, 0.1) is 0 Å². The van der Waals surface area contributed by atoms with Gasteiger partial charge in [0.15, 0.2) is 12.2 Å². The Morgan fingerprint density at radius 3 is 1.92 bits per heavy atom. The number of hydrogen-bond donors (Lipinski definition) is 1. The van der Waals surface area contributed by atoms with Crippen molar-refractivity contribution in [2.45, 2.75) is 77.7 Å². The summed E-state index contributed by atoms with van der Waals surface area (Å²) in [5, 5.41) is 0. The van der Waals surface area contributed by atoms with Gasteiger partial charge in [0, 0.05) is 19.3 Å². The maximum Gasteiger partial charge on any atom is 0.307 e. The Balaban J connectivity index is 2.80. The molecule has 0 aliphatic carbocycles. The first-order valence-corrected chi connectivity index (χ1v) is 8.47. The van der Waals surface area contributed by atoms with Gasteiger partial charge in [-0.15, -0.1) is 0 Å². The van der Waals surface area contributed by atoms with Gasteiger partial charge >= 0.3 is 17.9 Å². The highest BCUT2D eigenvalue weighted by atomic mass is 16.7. The number of nitrogens with one attached hydrogen (secondary N) is 1.